The van der Waals surface area contributed by atoms with Gasteiger partial charge in [-0.25, -0.2) is 0 Å². The Kier molecular flexibility index (Phi) is 3.90. The van der Waals surface area contributed by atoms with Gasteiger partial charge in [-0.15, -0.1) is 0 Å². The quantitative estimate of drug-likeness (QED) is 0.834. The van der Waals surface area contributed by atoms with Crippen LogP contribution >= 0.6 is 0 Å². The maximum atomic E-state index is 11.8. The van der Waals surface area contributed by atoms with Gasteiger partial charge in [0.2, 0.25) is 0 Å². The van der Waals surface area contributed by atoms with Crippen molar-refractivity contribution in [1.82, 2.24) is 0 Å². The van der Waals surface area contributed by atoms with Gasteiger partial charge in [-0.2, -0.15) is 0 Å². The zero-order valence-electron chi connectivity index (χ0n) is 10.8. The SMILES string of the molecule is COc1ccccc1C1(C(=O)O)CCCCCC1. The number of hydrogen-bond acceptors (Lipinski definition) is 2. The highest BCUT2D eigenvalue weighted by molar-refractivity contribution is 5.82. The lowest BCUT2D eigenvalue weighted by Crippen LogP contribution is -2.35. The number of hydrogen-bond donors (Lipinski definition) is 1. The van der Waals surface area contributed by atoms with E-state index >= 15 is 0 Å². The fourth-order valence-corrected chi connectivity index (χ4v) is 2.97. The third-order valence-electron chi connectivity index (χ3n) is 3.99. The first-order chi connectivity index (χ1) is 8.70. The van der Waals surface area contributed by atoms with E-state index in [2.05, 4.69) is 0 Å². The summed E-state index contributed by atoms with van der Waals surface area (Å²) in [6.45, 7) is 0. The van der Waals surface area contributed by atoms with Crippen LogP contribution < -0.4 is 4.74 Å². The van der Waals surface area contributed by atoms with Crippen LogP contribution in [0.2, 0.25) is 0 Å². The van der Waals surface area contributed by atoms with Crippen molar-refractivity contribution in [2.45, 2.75) is 43.9 Å². The lowest BCUT2D eigenvalue weighted by Gasteiger charge is -2.30. The smallest absolute Gasteiger partial charge is 0.314 e. The Morgan fingerprint density at radius 1 is 1.17 bits per heavy atom. The number of aliphatic carboxylic acids is 1. The number of rotatable bonds is 3. The Morgan fingerprint density at radius 3 is 2.33 bits per heavy atom. The molecule has 0 aromatic heterocycles. The van der Waals surface area contributed by atoms with E-state index in [4.69, 9.17) is 4.74 Å². The van der Waals surface area contributed by atoms with Crippen molar-refractivity contribution in [2.24, 2.45) is 0 Å². The normalized spacial score (nSPS) is 18.9. The van der Waals surface area contributed by atoms with E-state index < -0.39 is 11.4 Å². The molecule has 18 heavy (non-hydrogen) atoms. The van der Waals surface area contributed by atoms with Gasteiger partial charge in [0.15, 0.2) is 0 Å². The summed E-state index contributed by atoms with van der Waals surface area (Å²) in [5.74, 6) is -0.0179. The van der Waals surface area contributed by atoms with Gasteiger partial charge in [-0.3, -0.25) is 4.79 Å². The summed E-state index contributed by atoms with van der Waals surface area (Å²) in [5.41, 5.74) is 0.0743. The monoisotopic (exact) mass is 248 g/mol. The average molecular weight is 248 g/mol. The first-order valence-corrected chi connectivity index (χ1v) is 6.57. The molecule has 3 nitrogen and oxygen atoms in total. The highest BCUT2D eigenvalue weighted by Gasteiger charge is 2.42. The minimum atomic E-state index is -0.761. The Balaban J connectivity index is 2.48. The topological polar surface area (TPSA) is 46.5 Å². The van der Waals surface area contributed by atoms with Crippen LogP contribution in [0.5, 0.6) is 5.75 Å². The highest BCUT2D eigenvalue weighted by Crippen LogP contribution is 2.42. The van der Waals surface area contributed by atoms with Gasteiger partial charge >= 0.3 is 5.97 Å². The molecule has 1 aromatic carbocycles. The van der Waals surface area contributed by atoms with Crippen LogP contribution in [0.1, 0.15) is 44.1 Å². The molecule has 0 spiro atoms. The standard InChI is InChI=1S/C15H20O3/c1-18-13-9-5-4-8-12(13)15(14(16)17)10-6-2-3-7-11-15/h4-5,8-9H,2-3,6-7,10-11H2,1H3,(H,16,17). The summed E-state index contributed by atoms with van der Waals surface area (Å²) in [5, 5.41) is 9.73. The molecular formula is C15H20O3. The molecule has 0 saturated heterocycles. The van der Waals surface area contributed by atoms with Crippen LogP contribution in [-0.4, -0.2) is 18.2 Å². The molecule has 0 atom stereocenters. The van der Waals surface area contributed by atoms with E-state index in [1.54, 1.807) is 7.11 Å². The van der Waals surface area contributed by atoms with E-state index in [0.717, 1.165) is 31.2 Å². The number of carboxylic acid groups (broad SMARTS) is 1. The van der Waals surface area contributed by atoms with E-state index in [0.29, 0.717) is 18.6 Å². The van der Waals surface area contributed by atoms with Gasteiger partial charge in [0.25, 0.3) is 0 Å². The summed E-state index contributed by atoms with van der Waals surface area (Å²) in [4.78, 5) is 11.8. The van der Waals surface area contributed by atoms with Crippen molar-refractivity contribution in [3.05, 3.63) is 29.8 Å². The number of carboxylic acids is 1. The Bertz CT molecular complexity index is 418. The summed E-state index contributed by atoms with van der Waals surface area (Å²) >= 11 is 0. The van der Waals surface area contributed by atoms with E-state index in [-0.39, 0.29) is 0 Å². The molecule has 1 aliphatic carbocycles. The molecule has 2 rings (SSSR count). The minimum Gasteiger partial charge on any atom is -0.496 e. The lowest BCUT2D eigenvalue weighted by atomic mass is 9.74. The number of benzene rings is 1. The molecule has 0 amide bonds. The van der Waals surface area contributed by atoms with Crippen LogP contribution in [0.15, 0.2) is 24.3 Å². The zero-order chi connectivity index (χ0) is 13.0. The molecule has 3 heteroatoms. The van der Waals surface area contributed by atoms with Gasteiger partial charge in [-0.1, -0.05) is 43.9 Å². The average Bonchev–Trinajstić information content (AvgIpc) is 2.65. The van der Waals surface area contributed by atoms with Crippen molar-refractivity contribution in [3.63, 3.8) is 0 Å². The van der Waals surface area contributed by atoms with Crippen LogP contribution in [0.4, 0.5) is 0 Å². The van der Waals surface area contributed by atoms with Crippen LogP contribution in [0, 0.1) is 0 Å². The summed E-state index contributed by atoms with van der Waals surface area (Å²) < 4.78 is 5.35. The first kappa shape index (κ1) is 12.9. The Labute approximate surface area is 108 Å². The fraction of sp³-hybridized carbons (Fsp3) is 0.533. The molecule has 0 heterocycles. The van der Waals surface area contributed by atoms with Crippen LogP contribution in [-0.2, 0) is 10.2 Å². The third kappa shape index (κ3) is 2.22. The summed E-state index contributed by atoms with van der Waals surface area (Å²) in [7, 11) is 1.60. The van der Waals surface area contributed by atoms with Crippen molar-refractivity contribution in [3.8, 4) is 5.75 Å². The minimum absolute atomic E-state index is 0.696. The van der Waals surface area contributed by atoms with Crippen LogP contribution in [0.3, 0.4) is 0 Å². The third-order valence-corrected chi connectivity index (χ3v) is 3.99. The van der Waals surface area contributed by atoms with Gasteiger partial charge in [0.05, 0.1) is 12.5 Å². The van der Waals surface area contributed by atoms with E-state index in [1.165, 1.54) is 0 Å². The maximum Gasteiger partial charge on any atom is 0.314 e. The molecule has 1 aliphatic rings. The molecule has 98 valence electrons. The van der Waals surface area contributed by atoms with Gasteiger partial charge in [-0.05, 0) is 18.9 Å². The Hall–Kier alpha value is -1.51. The van der Waals surface area contributed by atoms with Crippen LogP contribution in [0.25, 0.3) is 0 Å². The number of methoxy groups -OCH3 is 1. The molecular weight excluding hydrogens is 228 g/mol. The second kappa shape index (κ2) is 5.42. The predicted molar refractivity (Wildman–Crippen MR) is 70.0 cm³/mol. The molecule has 0 aliphatic heterocycles. The molecule has 1 N–H and O–H groups in total. The summed E-state index contributed by atoms with van der Waals surface area (Å²) in [6, 6.07) is 7.53. The van der Waals surface area contributed by atoms with Crippen molar-refractivity contribution in [1.29, 1.82) is 0 Å². The van der Waals surface area contributed by atoms with Crippen molar-refractivity contribution >= 4 is 5.97 Å². The van der Waals surface area contributed by atoms with Crippen molar-refractivity contribution in [2.75, 3.05) is 7.11 Å². The predicted octanol–water partition coefficient (Wildman–Crippen LogP) is 3.37. The zero-order valence-corrected chi connectivity index (χ0v) is 10.8. The van der Waals surface area contributed by atoms with Gasteiger partial charge < -0.3 is 9.84 Å². The van der Waals surface area contributed by atoms with E-state index in [9.17, 15) is 9.90 Å². The molecule has 1 saturated carbocycles. The maximum absolute atomic E-state index is 11.8. The number of ether oxygens (including phenoxy) is 1. The van der Waals surface area contributed by atoms with Gasteiger partial charge in [0.1, 0.15) is 5.75 Å². The second-order valence-electron chi connectivity index (χ2n) is 5.00. The highest BCUT2D eigenvalue weighted by atomic mass is 16.5. The Morgan fingerprint density at radius 2 is 1.78 bits per heavy atom. The summed E-state index contributed by atoms with van der Waals surface area (Å²) in [6.07, 6.45) is 5.63. The number of para-hydroxylation sites is 1. The second-order valence-corrected chi connectivity index (χ2v) is 5.00. The fourth-order valence-electron chi connectivity index (χ4n) is 2.97. The number of carbonyl (C=O) groups is 1. The lowest BCUT2D eigenvalue weighted by molar-refractivity contribution is -0.144. The van der Waals surface area contributed by atoms with Crippen molar-refractivity contribution < 1.29 is 14.6 Å². The van der Waals surface area contributed by atoms with Gasteiger partial charge in [0, 0.05) is 5.56 Å². The molecule has 0 unspecified atom stereocenters. The van der Waals surface area contributed by atoms with E-state index in [1.807, 2.05) is 24.3 Å². The first-order valence-electron chi connectivity index (χ1n) is 6.57. The molecule has 0 radical (unpaired) electrons. The largest absolute Gasteiger partial charge is 0.496 e. The molecule has 0 bridgehead atoms. The molecule has 1 fully saturated rings. The molecule has 1 aromatic rings.